The van der Waals surface area contributed by atoms with Crippen LogP contribution in [-0.4, -0.2) is 54.0 Å². The van der Waals surface area contributed by atoms with E-state index in [1.54, 1.807) is 6.92 Å². The van der Waals surface area contributed by atoms with Crippen LogP contribution >= 0.6 is 0 Å². The summed E-state index contributed by atoms with van der Waals surface area (Å²) in [4.78, 5) is 16.5. The topological polar surface area (TPSA) is 49.6 Å². The molecule has 2 atom stereocenters. The number of likely N-dealkylation sites (N-methyl/N-ethyl adjacent to an activating group) is 1. The lowest BCUT2D eigenvalue weighted by Crippen LogP contribution is -2.51. The molecule has 2 N–H and O–H groups in total. The van der Waals surface area contributed by atoms with Crippen LogP contribution in [0.25, 0.3) is 0 Å². The third-order valence-corrected chi connectivity index (χ3v) is 3.99. The van der Waals surface area contributed by atoms with Gasteiger partial charge >= 0.3 is 0 Å². The summed E-state index contributed by atoms with van der Waals surface area (Å²) in [7, 11) is 2.17. The van der Waals surface area contributed by atoms with Crippen molar-refractivity contribution in [1.82, 2.24) is 9.80 Å². The van der Waals surface area contributed by atoms with Crippen molar-refractivity contribution >= 4 is 5.91 Å². The van der Waals surface area contributed by atoms with Gasteiger partial charge in [-0.2, -0.15) is 0 Å². The average Bonchev–Trinajstić information content (AvgIpc) is 3.11. The number of rotatable bonds is 4. The normalized spacial score (nSPS) is 27.8. The Balaban J connectivity index is 1.94. The monoisotopic (exact) mass is 239 g/mol. The van der Waals surface area contributed by atoms with Crippen molar-refractivity contribution in [2.45, 2.75) is 57.2 Å². The van der Waals surface area contributed by atoms with Crippen LogP contribution in [0.1, 0.15) is 39.0 Å². The minimum absolute atomic E-state index is 0.131. The lowest BCUT2D eigenvalue weighted by molar-refractivity contribution is -0.133. The van der Waals surface area contributed by atoms with Crippen molar-refractivity contribution in [1.29, 1.82) is 0 Å². The largest absolute Gasteiger partial charge is 0.337 e. The van der Waals surface area contributed by atoms with E-state index in [9.17, 15) is 4.79 Å². The first-order chi connectivity index (χ1) is 8.09. The summed E-state index contributed by atoms with van der Waals surface area (Å²) in [6, 6.07) is 0.653. The summed E-state index contributed by atoms with van der Waals surface area (Å²) in [5, 5.41) is 0. The molecule has 4 heteroatoms. The third kappa shape index (κ3) is 3.19. The molecule has 2 rings (SSSR count). The zero-order chi connectivity index (χ0) is 12.4. The van der Waals surface area contributed by atoms with Gasteiger partial charge in [-0.15, -0.1) is 0 Å². The molecule has 1 saturated carbocycles. The molecule has 0 spiro atoms. The van der Waals surface area contributed by atoms with Gasteiger partial charge in [-0.25, -0.2) is 0 Å². The molecular weight excluding hydrogens is 214 g/mol. The Morgan fingerprint density at radius 3 is 2.65 bits per heavy atom. The SMILES string of the molecule is C[C@H](N)C(=O)N(C[C@@H]1CCCCN1C)C1CC1. The maximum absolute atomic E-state index is 12.1. The standard InChI is InChI=1S/C13H25N3O/c1-10(14)13(17)16(11-6-7-11)9-12-5-3-4-8-15(12)2/h10-12H,3-9,14H2,1-2H3/t10-,12-/m0/s1. The zero-order valence-electron chi connectivity index (χ0n) is 11.1. The molecule has 1 heterocycles. The van der Waals surface area contributed by atoms with E-state index in [1.807, 2.05) is 4.90 Å². The fourth-order valence-corrected chi connectivity index (χ4v) is 2.67. The van der Waals surface area contributed by atoms with Crippen LogP contribution in [0.15, 0.2) is 0 Å². The van der Waals surface area contributed by atoms with E-state index < -0.39 is 0 Å². The fourth-order valence-electron chi connectivity index (χ4n) is 2.67. The maximum Gasteiger partial charge on any atom is 0.239 e. The summed E-state index contributed by atoms with van der Waals surface area (Å²) >= 11 is 0. The molecule has 1 amide bonds. The van der Waals surface area contributed by atoms with E-state index in [0.717, 1.165) is 25.9 Å². The number of nitrogens with two attached hydrogens (primary N) is 1. The minimum Gasteiger partial charge on any atom is -0.337 e. The molecule has 98 valence electrons. The molecule has 0 aromatic heterocycles. The van der Waals surface area contributed by atoms with Crippen LogP contribution in [0.2, 0.25) is 0 Å². The molecule has 0 aromatic carbocycles. The molecule has 4 nitrogen and oxygen atoms in total. The highest BCUT2D eigenvalue weighted by Crippen LogP contribution is 2.29. The number of amides is 1. The molecule has 1 aliphatic carbocycles. The van der Waals surface area contributed by atoms with E-state index in [0.29, 0.717) is 12.1 Å². The summed E-state index contributed by atoms with van der Waals surface area (Å²) < 4.78 is 0. The van der Waals surface area contributed by atoms with Crippen LogP contribution in [0, 0.1) is 0 Å². The lowest BCUT2D eigenvalue weighted by atomic mass is 10.0. The van der Waals surface area contributed by atoms with E-state index >= 15 is 0 Å². The van der Waals surface area contributed by atoms with Gasteiger partial charge in [-0.3, -0.25) is 4.79 Å². The Bertz CT molecular complexity index is 276. The highest BCUT2D eigenvalue weighted by Gasteiger charge is 2.36. The summed E-state index contributed by atoms with van der Waals surface area (Å²) in [5.74, 6) is 0.131. The first-order valence-electron chi connectivity index (χ1n) is 6.86. The van der Waals surface area contributed by atoms with Gasteiger partial charge < -0.3 is 15.5 Å². The Hall–Kier alpha value is -0.610. The zero-order valence-corrected chi connectivity index (χ0v) is 11.1. The summed E-state index contributed by atoms with van der Waals surface area (Å²) in [6.45, 7) is 3.83. The molecule has 0 bridgehead atoms. The third-order valence-electron chi connectivity index (χ3n) is 3.99. The highest BCUT2D eigenvalue weighted by molar-refractivity contribution is 5.81. The second-order valence-corrected chi connectivity index (χ2v) is 5.64. The second kappa shape index (κ2) is 5.36. The molecule has 2 fully saturated rings. The van der Waals surface area contributed by atoms with Gasteiger partial charge in [0.25, 0.3) is 0 Å². The highest BCUT2D eigenvalue weighted by atomic mass is 16.2. The fraction of sp³-hybridized carbons (Fsp3) is 0.923. The molecule has 0 radical (unpaired) electrons. The van der Waals surface area contributed by atoms with Crippen molar-refractivity contribution in [3.63, 3.8) is 0 Å². The van der Waals surface area contributed by atoms with Gasteiger partial charge in [0.2, 0.25) is 5.91 Å². The Morgan fingerprint density at radius 2 is 2.12 bits per heavy atom. The number of hydrogen-bond acceptors (Lipinski definition) is 3. The molecule has 1 saturated heterocycles. The number of piperidine rings is 1. The van der Waals surface area contributed by atoms with Gasteiger partial charge in [0, 0.05) is 18.6 Å². The maximum atomic E-state index is 12.1. The Morgan fingerprint density at radius 1 is 1.41 bits per heavy atom. The van der Waals surface area contributed by atoms with Crippen molar-refractivity contribution < 1.29 is 4.79 Å². The van der Waals surface area contributed by atoms with Gasteiger partial charge in [-0.1, -0.05) is 6.42 Å². The van der Waals surface area contributed by atoms with E-state index in [-0.39, 0.29) is 11.9 Å². The molecule has 0 unspecified atom stereocenters. The van der Waals surface area contributed by atoms with Gasteiger partial charge in [-0.05, 0) is 46.2 Å². The molecule has 2 aliphatic rings. The Labute approximate surface area is 104 Å². The van der Waals surface area contributed by atoms with Gasteiger partial charge in [0.05, 0.1) is 6.04 Å². The number of hydrogen-bond donors (Lipinski definition) is 1. The van der Waals surface area contributed by atoms with E-state index in [4.69, 9.17) is 5.73 Å². The van der Waals surface area contributed by atoms with Crippen LogP contribution in [0.4, 0.5) is 0 Å². The summed E-state index contributed by atoms with van der Waals surface area (Å²) in [6.07, 6.45) is 6.12. The lowest BCUT2D eigenvalue weighted by Gasteiger charge is -2.37. The summed E-state index contributed by atoms with van der Waals surface area (Å²) in [5.41, 5.74) is 5.74. The molecular formula is C13H25N3O. The molecule has 0 aromatic rings. The average molecular weight is 239 g/mol. The smallest absolute Gasteiger partial charge is 0.239 e. The van der Waals surface area contributed by atoms with Gasteiger partial charge in [0.1, 0.15) is 0 Å². The molecule has 17 heavy (non-hydrogen) atoms. The number of nitrogens with zero attached hydrogens (tertiary/aromatic N) is 2. The number of likely N-dealkylation sites (tertiary alicyclic amines) is 1. The van der Waals surface area contributed by atoms with Crippen molar-refractivity contribution in [2.75, 3.05) is 20.1 Å². The van der Waals surface area contributed by atoms with Crippen LogP contribution < -0.4 is 5.73 Å². The number of carbonyl (C=O) groups is 1. The predicted octanol–water partition coefficient (Wildman–Crippen LogP) is 0.809. The number of carbonyl (C=O) groups excluding carboxylic acids is 1. The minimum atomic E-state index is -0.357. The van der Waals surface area contributed by atoms with Crippen LogP contribution in [-0.2, 0) is 4.79 Å². The van der Waals surface area contributed by atoms with Crippen molar-refractivity contribution in [3.05, 3.63) is 0 Å². The van der Waals surface area contributed by atoms with Crippen molar-refractivity contribution in [3.8, 4) is 0 Å². The van der Waals surface area contributed by atoms with Crippen LogP contribution in [0.5, 0.6) is 0 Å². The first kappa shape index (κ1) is 12.8. The van der Waals surface area contributed by atoms with E-state index in [2.05, 4.69) is 11.9 Å². The van der Waals surface area contributed by atoms with Gasteiger partial charge in [0.15, 0.2) is 0 Å². The predicted molar refractivity (Wildman–Crippen MR) is 68.7 cm³/mol. The second-order valence-electron chi connectivity index (χ2n) is 5.64. The van der Waals surface area contributed by atoms with E-state index in [1.165, 1.54) is 19.3 Å². The van der Waals surface area contributed by atoms with Crippen LogP contribution in [0.3, 0.4) is 0 Å². The first-order valence-corrected chi connectivity index (χ1v) is 6.86. The molecule has 1 aliphatic heterocycles. The van der Waals surface area contributed by atoms with Crippen molar-refractivity contribution in [2.24, 2.45) is 5.73 Å². The Kier molecular flexibility index (Phi) is 4.05. The quantitative estimate of drug-likeness (QED) is 0.790.